The average Bonchev–Trinajstić information content (AvgIpc) is 1.56. The van der Waals surface area contributed by atoms with E-state index in [1.165, 1.54) is 36.4 Å². The number of nitrogens with zero attached hydrogens (tertiary/aromatic N) is 12. The smallest absolute Gasteiger partial charge is 0.416 e. The lowest BCUT2D eigenvalue weighted by atomic mass is 9.87. The number of aromatic nitrogens is 12. The molecule has 0 amide bonds. The van der Waals surface area contributed by atoms with Crippen molar-refractivity contribution in [3.05, 3.63) is 168 Å². The molecule has 32 heteroatoms. The summed E-state index contributed by atoms with van der Waals surface area (Å²) < 4.78 is 186. The van der Waals surface area contributed by atoms with E-state index in [-0.39, 0.29) is 102 Å². The van der Waals surface area contributed by atoms with Crippen LogP contribution in [0.2, 0.25) is 0 Å². The summed E-state index contributed by atoms with van der Waals surface area (Å²) in [6, 6.07) is 38.9. The van der Waals surface area contributed by atoms with Gasteiger partial charge in [-0.05, 0) is 141 Å². The van der Waals surface area contributed by atoms with E-state index in [2.05, 4.69) is 69.6 Å². The number of halogens is 6. The zero-order valence-corrected chi connectivity index (χ0v) is 58.8. The largest absolute Gasteiger partial charge is 0.534 e. The summed E-state index contributed by atoms with van der Waals surface area (Å²) in [4.78, 5) is 0. The average molecular weight is 1460 g/mol. The first-order valence-electron chi connectivity index (χ1n) is 31.7. The van der Waals surface area contributed by atoms with Crippen LogP contribution in [0.4, 0.5) is 26.3 Å². The zero-order valence-electron chi connectivity index (χ0n) is 57.2. The highest BCUT2D eigenvalue weighted by molar-refractivity contribution is 7.88. The zero-order chi connectivity index (χ0) is 74.4. The van der Waals surface area contributed by atoms with E-state index < -0.39 is 77.4 Å². The summed E-state index contributed by atoms with van der Waals surface area (Å²) in [7, 11) is -13.5. The predicted octanol–water partition coefficient (Wildman–Crippen LogP) is 17.6. The maximum Gasteiger partial charge on any atom is 0.534 e. The fourth-order valence-corrected chi connectivity index (χ4v) is 11.5. The molecule has 7 aromatic carbocycles. The van der Waals surface area contributed by atoms with Crippen LogP contribution < -0.4 is 8.37 Å². The molecule has 0 unspecified atom stereocenters. The third-order valence-electron chi connectivity index (χ3n) is 16.4. The Labute approximate surface area is 589 Å². The maximum absolute atomic E-state index is 14.5. The Morgan fingerprint density at radius 2 is 0.413 bits per heavy atom. The summed E-state index contributed by atoms with van der Waals surface area (Å²) in [5.41, 5.74) is -8.48. The lowest BCUT2D eigenvalue weighted by Crippen LogP contribution is -2.29. The van der Waals surface area contributed by atoms with E-state index in [4.69, 9.17) is 26.5 Å². The van der Waals surface area contributed by atoms with Crippen LogP contribution in [-0.4, -0.2) is 89.0 Å². The Morgan fingerprint density at radius 3 is 0.587 bits per heavy atom. The van der Waals surface area contributed by atoms with Gasteiger partial charge in [0.15, 0.2) is 11.5 Å². The molecule has 6 aromatic heterocycles. The maximum atomic E-state index is 14.5. The van der Waals surface area contributed by atoms with Gasteiger partial charge in [-0.15, -0.1) is 61.2 Å². The van der Waals surface area contributed by atoms with Crippen molar-refractivity contribution in [2.45, 2.75) is 116 Å². The Bertz CT molecular complexity index is 5050. The van der Waals surface area contributed by atoms with E-state index in [1.807, 2.05) is 132 Å². The molecule has 13 rings (SSSR count). The highest BCUT2D eigenvalue weighted by atomic mass is 32.2. The molecule has 0 fully saturated rings. The van der Waals surface area contributed by atoms with Crippen molar-refractivity contribution in [2.24, 2.45) is 0 Å². The van der Waals surface area contributed by atoms with E-state index in [0.29, 0.717) is 34.4 Å². The molecule has 0 atom stereocenters. The molecule has 0 saturated carbocycles. The van der Waals surface area contributed by atoms with Gasteiger partial charge in [-0.3, -0.25) is 0 Å². The minimum Gasteiger partial charge on any atom is -0.416 e. The summed E-state index contributed by atoms with van der Waals surface area (Å²) >= 11 is 0. The van der Waals surface area contributed by atoms with Crippen LogP contribution in [0.15, 0.2) is 172 Å². The topological polar surface area (TPSA) is 320 Å². The van der Waals surface area contributed by atoms with Crippen molar-refractivity contribution in [2.75, 3.05) is 0 Å². The van der Waals surface area contributed by atoms with Crippen molar-refractivity contribution in [1.29, 1.82) is 0 Å². The number of hydrogen-bond donors (Lipinski definition) is 0. The van der Waals surface area contributed by atoms with Crippen LogP contribution >= 0.6 is 0 Å². The molecule has 104 heavy (non-hydrogen) atoms. The van der Waals surface area contributed by atoms with Gasteiger partial charge >= 0.3 is 31.3 Å². The third-order valence-corrected chi connectivity index (χ3v) is 18.3. The molecule has 0 aliphatic heterocycles. The molecule has 0 saturated heterocycles. The van der Waals surface area contributed by atoms with Crippen LogP contribution in [0, 0.1) is 0 Å². The molecule has 0 bridgehead atoms. The molecule has 0 aliphatic carbocycles. The van der Waals surface area contributed by atoms with Crippen LogP contribution in [-0.2, 0) is 41.9 Å². The molecule has 24 nitrogen and oxygen atoms in total. The number of hydrogen-bond acceptors (Lipinski definition) is 24. The van der Waals surface area contributed by atoms with Gasteiger partial charge in [-0.1, -0.05) is 132 Å². The molecular weight excluding hydrogens is 1400 g/mol. The Morgan fingerprint density at radius 1 is 0.250 bits per heavy atom. The molecular formula is C72H60F6N12O12S2. The Kier molecular flexibility index (Phi) is 17.6. The van der Waals surface area contributed by atoms with Crippen LogP contribution in [0.5, 0.6) is 11.5 Å². The van der Waals surface area contributed by atoms with E-state index in [1.54, 1.807) is 48.5 Å². The van der Waals surface area contributed by atoms with Gasteiger partial charge in [0, 0.05) is 55.6 Å². The quantitative estimate of drug-likeness (QED) is 0.0493. The predicted molar refractivity (Wildman–Crippen MR) is 365 cm³/mol. The van der Waals surface area contributed by atoms with Crippen molar-refractivity contribution < 1.29 is 78.0 Å². The van der Waals surface area contributed by atoms with Crippen LogP contribution in [0.25, 0.3) is 137 Å². The van der Waals surface area contributed by atoms with Crippen LogP contribution in [0.3, 0.4) is 0 Å². The molecule has 6 heterocycles. The summed E-state index contributed by atoms with van der Waals surface area (Å²) in [6.45, 7) is 24.6. The molecule has 0 radical (unpaired) electrons. The van der Waals surface area contributed by atoms with Gasteiger partial charge in [-0.25, -0.2) is 0 Å². The SMILES string of the molecule is CC(C)(C)c1ccc(-c2nnc(-c3cc(-c4nnc(-c5ccc(C(C)(C)C)cc5)o4)cc(-c4nnc(-c5cc(OS(=O)(=O)C(F)(F)F)c(-c6nnc(-c7cc(-c8nnc(-c9ccc(C(C)(C)C)cc9)o8)cc(-c8nnc(-c9ccc(C(C)(C)C)cc9)o8)c7)o6)cc5OS(=O)(=O)C(F)(F)F)o4)c3)o2)cc1. The highest BCUT2D eigenvalue weighted by Gasteiger charge is 2.51. The summed E-state index contributed by atoms with van der Waals surface area (Å²) in [5, 5.41) is 50.2. The minimum atomic E-state index is -6.75. The first kappa shape index (κ1) is 70.9. The minimum absolute atomic E-state index is 0.0561. The molecule has 0 N–H and O–H groups in total. The van der Waals surface area contributed by atoms with Crippen molar-refractivity contribution in [3.8, 4) is 149 Å². The fraction of sp³-hybridized carbons (Fsp3) is 0.250. The highest BCUT2D eigenvalue weighted by Crippen LogP contribution is 2.47. The van der Waals surface area contributed by atoms with Gasteiger partial charge in [0.05, 0.1) is 11.1 Å². The van der Waals surface area contributed by atoms with E-state index >= 15 is 0 Å². The second-order valence-electron chi connectivity index (χ2n) is 28.2. The first-order valence-corrected chi connectivity index (χ1v) is 34.5. The lowest BCUT2D eigenvalue weighted by molar-refractivity contribution is -0.0505. The van der Waals surface area contributed by atoms with Gasteiger partial charge in [0.1, 0.15) is 0 Å². The van der Waals surface area contributed by atoms with Gasteiger partial charge < -0.3 is 34.9 Å². The van der Waals surface area contributed by atoms with Crippen LogP contribution in [0.1, 0.15) is 105 Å². The van der Waals surface area contributed by atoms with Crippen molar-refractivity contribution >= 4 is 20.2 Å². The van der Waals surface area contributed by atoms with E-state index in [0.717, 1.165) is 22.3 Å². The molecule has 534 valence electrons. The first-order chi connectivity index (χ1) is 48.7. The van der Waals surface area contributed by atoms with Gasteiger partial charge in [-0.2, -0.15) is 43.2 Å². The lowest BCUT2D eigenvalue weighted by Gasteiger charge is -2.18. The second kappa shape index (κ2) is 25.8. The fourth-order valence-electron chi connectivity index (χ4n) is 10.5. The normalized spacial score (nSPS) is 12.9. The standard InChI is InChI=1S/C72H60F6N12O12S2/c1-67(2,3)47-21-13-37(14-22-47)55-79-83-59(95-55)41-29-42(60-84-80-56(96-60)38-15-23-48(24-16-38)68(4,5)6)32-45(31-41)63-87-89-65(99-63)51-35-54(102-104(93,94)72(76,77)78)52(36-53(51)101-103(91,92)71(73,74)75)66-90-88-64(100-66)46-33-43(61-85-81-57(97-61)39-17-25-49(26-18-39)69(7,8)9)30-44(34-46)62-86-82-58(98-62)40-19-27-50(28-20-40)70(10,11)12/h13-36H,1-12H3. The van der Waals surface area contributed by atoms with E-state index in [9.17, 15) is 43.2 Å². The number of benzene rings is 7. The molecule has 0 spiro atoms. The van der Waals surface area contributed by atoms with Crippen molar-refractivity contribution in [3.63, 3.8) is 0 Å². The summed E-state index contributed by atoms with van der Waals surface area (Å²) in [6.07, 6.45) is 0. The van der Waals surface area contributed by atoms with Crippen molar-refractivity contribution in [1.82, 2.24) is 61.2 Å². The number of alkyl halides is 6. The Balaban J connectivity index is 0.927. The molecule has 0 aliphatic rings. The van der Waals surface area contributed by atoms with Gasteiger partial charge in [0.2, 0.25) is 58.9 Å². The molecule has 13 aromatic rings. The van der Waals surface area contributed by atoms with Gasteiger partial charge in [0.25, 0.3) is 11.8 Å². The monoisotopic (exact) mass is 1460 g/mol. The third kappa shape index (κ3) is 14.6. The second-order valence-corrected chi connectivity index (χ2v) is 31.3. The Hall–Kier alpha value is -11.5. The summed E-state index contributed by atoms with van der Waals surface area (Å²) in [5.74, 6) is -5.86. The number of rotatable bonds is 16.